The highest BCUT2D eigenvalue weighted by Crippen LogP contribution is 2.32. The van der Waals surface area contributed by atoms with Gasteiger partial charge in [0, 0.05) is 6.42 Å². The molecular weight excluding hydrogens is 391 g/mol. The number of halogens is 3. The summed E-state index contributed by atoms with van der Waals surface area (Å²) in [6.45, 7) is 0. The van der Waals surface area contributed by atoms with Gasteiger partial charge in [-0.25, -0.2) is 10.2 Å². The first-order chi connectivity index (χ1) is 13.3. The first kappa shape index (κ1) is 19.9. The highest BCUT2D eigenvalue weighted by Gasteiger charge is 2.41. The van der Waals surface area contributed by atoms with Crippen molar-refractivity contribution in [3.63, 3.8) is 0 Å². The zero-order valence-corrected chi connectivity index (χ0v) is 15.6. The SMILES string of the molecule is C[NH+]=C(Nc1cccc(C(F)(F)F)c1)SC1CC(=O)N(c2ccccc2)C1=O. The molecule has 0 saturated carbocycles. The summed E-state index contributed by atoms with van der Waals surface area (Å²) in [5, 5.41) is 2.55. The number of thioether (sulfide) groups is 1. The molecule has 1 atom stereocenters. The summed E-state index contributed by atoms with van der Waals surface area (Å²) in [7, 11) is 1.58. The molecule has 2 aromatic rings. The minimum atomic E-state index is -4.45. The maximum absolute atomic E-state index is 12.9. The number of hydrogen-bond acceptors (Lipinski definition) is 3. The predicted octanol–water partition coefficient (Wildman–Crippen LogP) is 2.25. The van der Waals surface area contributed by atoms with Crippen LogP contribution in [0.15, 0.2) is 54.6 Å². The van der Waals surface area contributed by atoms with E-state index in [9.17, 15) is 22.8 Å². The summed E-state index contributed by atoms with van der Waals surface area (Å²) < 4.78 is 38.6. The summed E-state index contributed by atoms with van der Waals surface area (Å²) in [6.07, 6.45) is -4.44. The monoisotopic (exact) mass is 408 g/mol. The van der Waals surface area contributed by atoms with E-state index in [1.165, 1.54) is 12.1 Å². The van der Waals surface area contributed by atoms with Gasteiger partial charge in [-0.1, -0.05) is 24.3 Å². The van der Waals surface area contributed by atoms with Crippen molar-refractivity contribution in [1.29, 1.82) is 0 Å². The van der Waals surface area contributed by atoms with Gasteiger partial charge >= 0.3 is 11.3 Å². The van der Waals surface area contributed by atoms with Gasteiger partial charge < -0.3 is 0 Å². The number of rotatable bonds is 3. The molecule has 146 valence electrons. The molecule has 0 spiro atoms. The normalized spacial score (nSPS) is 17.9. The van der Waals surface area contributed by atoms with Gasteiger partial charge in [0.15, 0.2) is 0 Å². The lowest BCUT2D eigenvalue weighted by atomic mass is 10.2. The van der Waals surface area contributed by atoms with Crippen LogP contribution in [0.5, 0.6) is 0 Å². The lowest BCUT2D eigenvalue weighted by molar-refractivity contribution is -0.416. The van der Waals surface area contributed by atoms with Crippen molar-refractivity contribution >= 4 is 40.1 Å². The molecule has 0 aromatic heterocycles. The van der Waals surface area contributed by atoms with E-state index in [4.69, 9.17) is 0 Å². The van der Waals surface area contributed by atoms with Crippen LogP contribution in [-0.2, 0) is 15.8 Å². The number of para-hydroxylation sites is 1. The molecule has 1 saturated heterocycles. The van der Waals surface area contributed by atoms with E-state index in [0.29, 0.717) is 10.9 Å². The second-order valence-corrected chi connectivity index (χ2v) is 7.21. The molecule has 2 N–H and O–H groups in total. The summed E-state index contributed by atoms with van der Waals surface area (Å²) in [5.74, 6) is -0.678. The van der Waals surface area contributed by atoms with Crippen molar-refractivity contribution in [2.45, 2.75) is 17.8 Å². The number of hydrogen-bond donors (Lipinski definition) is 2. The Hall–Kier alpha value is -2.81. The Morgan fingerprint density at radius 1 is 1.14 bits per heavy atom. The van der Waals surface area contributed by atoms with Crippen LogP contribution in [0.2, 0.25) is 0 Å². The standard InChI is InChI=1S/C19H16F3N3O2S/c1-23-18(24-13-7-5-6-12(10-13)19(20,21)22)28-15-11-16(26)25(17(15)27)14-8-3-2-4-9-14/h2-10,15H,11H2,1H3,(H,23,24)/p+1. The van der Waals surface area contributed by atoms with Crippen LogP contribution in [0.3, 0.4) is 0 Å². The lowest BCUT2D eigenvalue weighted by Gasteiger charge is -2.14. The van der Waals surface area contributed by atoms with Crippen molar-refractivity contribution in [3.05, 3.63) is 60.2 Å². The van der Waals surface area contributed by atoms with Gasteiger partial charge in [0.05, 0.1) is 18.3 Å². The number of imide groups is 1. The molecule has 0 radical (unpaired) electrons. The molecular formula is C19H17F3N3O2S+. The van der Waals surface area contributed by atoms with Crippen molar-refractivity contribution in [3.8, 4) is 0 Å². The maximum atomic E-state index is 12.9. The Morgan fingerprint density at radius 2 is 1.86 bits per heavy atom. The Balaban J connectivity index is 1.72. The van der Waals surface area contributed by atoms with Crippen LogP contribution in [-0.4, -0.2) is 29.3 Å². The predicted molar refractivity (Wildman–Crippen MR) is 102 cm³/mol. The molecule has 1 heterocycles. The van der Waals surface area contributed by atoms with E-state index in [1.54, 1.807) is 37.4 Å². The highest BCUT2D eigenvalue weighted by molar-refractivity contribution is 8.15. The third kappa shape index (κ3) is 4.36. The molecule has 5 nitrogen and oxygen atoms in total. The smallest absolute Gasteiger partial charge is 0.274 e. The Kier molecular flexibility index (Phi) is 5.73. The lowest BCUT2D eigenvalue weighted by Crippen LogP contribution is -2.69. The largest absolute Gasteiger partial charge is 0.416 e. The quantitative estimate of drug-likeness (QED) is 0.465. The fourth-order valence-electron chi connectivity index (χ4n) is 2.74. The van der Waals surface area contributed by atoms with Crippen LogP contribution in [0.1, 0.15) is 12.0 Å². The number of carbonyl (C=O) groups is 2. The molecule has 0 bridgehead atoms. The molecule has 1 aliphatic heterocycles. The van der Waals surface area contributed by atoms with Crippen LogP contribution in [0, 0.1) is 0 Å². The van der Waals surface area contributed by atoms with Crippen molar-refractivity contribution in [2.24, 2.45) is 0 Å². The minimum absolute atomic E-state index is 0.00778. The van der Waals surface area contributed by atoms with Crippen LogP contribution >= 0.6 is 11.8 Å². The van der Waals surface area contributed by atoms with E-state index < -0.39 is 17.0 Å². The average molecular weight is 408 g/mol. The van der Waals surface area contributed by atoms with Gasteiger partial charge in [0.25, 0.3) is 0 Å². The van der Waals surface area contributed by atoms with Crippen molar-refractivity contribution < 1.29 is 27.8 Å². The first-order valence-corrected chi connectivity index (χ1v) is 9.25. The van der Waals surface area contributed by atoms with Crippen molar-refractivity contribution in [1.82, 2.24) is 0 Å². The van der Waals surface area contributed by atoms with Gasteiger partial charge in [0.1, 0.15) is 10.9 Å². The Bertz CT molecular complexity index is 916. The first-order valence-electron chi connectivity index (χ1n) is 8.37. The molecule has 0 aliphatic carbocycles. The van der Waals surface area contributed by atoms with Crippen LogP contribution < -0.4 is 15.2 Å². The van der Waals surface area contributed by atoms with Gasteiger partial charge in [-0.15, -0.1) is 0 Å². The van der Waals surface area contributed by atoms with Crippen LogP contribution in [0.4, 0.5) is 24.5 Å². The van der Waals surface area contributed by atoms with E-state index in [2.05, 4.69) is 10.3 Å². The molecule has 3 rings (SSSR count). The molecule has 28 heavy (non-hydrogen) atoms. The second kappa shape index (κ2) is 8.05. The molecule has 1 aliphatic rings. The topological polar surface area (TPSA) is 63.4 Å². The maximum Gasteiger partial charge on any atom is 0.416 e. The number of alkyl halides is 3. The number of amides is 2. The van der Waals surface area contributed by atoms with Gasteiger partial charge in [-0.3, -0.25) is 14.6 Å². The fraction of sp³-hybridized carbons (Fsp3) is 0.211. The molecule has 1 unspecified atom stereocenters. The van der Waals surface area contributed by atoms with Gasteiger partial charge in [-0.05, 0) is 42.1 Å². The number of amidine groups is 1. The number of carbonyl (C=O) groups excluding carboxylic acids is 2. The second-order valence-electron chi connectivity index (χ2n) is 6.00. The molecule has 9 heteroatoms. The number of nitrogens with zero attached hydrogens (tertiary/aromatic N) is 1. The fourth-order valence-corrected chi connectivity index (χ4v) is 3.75. The summed E-state index contributed by atoms with van der Waals surface area (Å²) in [6, 6.07) is 13.3. The average Bonchev–Trinajstić information content (AvgIpc) is 2.94. The minimum Gasteiger partial charge on any atom is -0.274 e. The van der Waals surface area contributed by atoms with Gasteiger partial charge in [0.2, 0.25) is 11.8 Å². The molecule has 1 fully saturated rings. The Labute approximate surface area is 163 Å². The number of nitrogens with one attached hydrogen (secondary N) is 2. The third-order valence-corrected chi connectivity index (χ3v) is 5.25. The van der Waals surface area contributed by atoms with Crippen LogP contribution in [0.25, 0.3) is 0 Å². The third-order valence-electron chi connectivity index (χ3n) is 4.05. The number of anilines is 2. The zero-order valence-electron chi connectivity index (χ0n) is 14.8. The van der Waals surface area contributed by atoms with E-state index in [1.807, 2.05) is 0 Å². The molecule has 2 aromatic carbocycles. The summed E-state index contributed by atoms with van der Waals surface area (Å²) >= 11 is 1.07. The zero-order chi connectivity index (χ0) is 20.3. The van der Waals surface area contributed by atoms with Gasteiger partial charge in [-0.2, -0.15) is 13.2 Å². The van der Waals surface area contributed by atoms with E-state index >= 15 is 0 Å². The summed E-state index contributed by atoms with van der Waals surface area (Å²) in [5.41, 5.74) is -0.0545. The highest BCUT2D eigenvalue weighted by atomic mass is 32.2. The van der Waals surface area contributed by atoms with E-state index in [-0.39, 0.29) is 23.9 Å². The number of benzene rings is 2. The molecule has 2 amide bonds. The summed E-state index contributed by atoms with van der Waals surface area (Å²) in [4.78, 5) is 28.9. The van der Waals surface area contributed by atoms with Crippen molar-refractivity contribution in [2.75, 3.05) is 17.3 Å². The van der Waals surface area contributed by atoms with E-state index in [0.717, 1.165) is 28.8 Å². The Morgan fingerprint density at radius 3 is 2.50 bits per heavy atom.